The van der Waals surface area contributed by atoms with Gasteiger partial charge in [0.2, 0.25) is 0 Å². The van der Waals surface area contributed by atoms with Crippen molar-refractivity contribution in [3.8, 4) is 0 Å². The van der Waals surface area contributed by atoms with Gasteiger partial charge in [-0.15, -0.1) is 0 Å². The molecule has 1 fully saturated rings. The fraction of sp³-hybridized carbons (Fsp3) is 0.778. The molecule has 2 aliphatic rings. The van der Waals surface area contributed by atoms with Gasteiger partial charge >= 0.3 is 0 Å². The molecule has 0 bridgehead atoms. The Morgan fingerprint density at radius 1 is 0.750 bits per heavy atom. The Balaban J connectivity index is 2.45. The van der Waals surface area contributed by atoms with Gasteiger partial charge in [0.15, 0.2) is 11.6 Å². The molecule has 0 spiro atoms. The van der Waals surface area contributed by atoms with Crippen molar-refractivity contribution < 1.29 is 9.59 Å². The van der Waals surface area contributed by atoms with Crippen LogP contribution in [-0.2, 0) is 9.59 Å². The van der Waals surface area contributed by atoms with Gasteiger partial charge in [0.25, 0.3) is 0 Å². The zero-order chi connectivity index (χ0) is 15.3. The fourth-order valence-corrected chi connectivity index (χ4v) is 4.30. The maximum atomic E-state index is 12.5. The Morgan fingerprint density at radius 2 is 1.05 bits per heavy atom. The van der Waals surface area contributed by atoms with Gasteiger partial charge in [0, 0.05) is 11.8 Å². The number of fused-ring (bicyclic) bond motifs is 1. The minimum atomic E-state index is -0.106. The van der Waals surface area contributed by atoms with Crippen LogP contribution >= 0.6 is 0 Å². The normalized spacial score (nSPS) is 35.1. The van der Waals surface area contributed by atoms with E-state index < -0.39 is 0 Å². The van der Waals surface area contributed by atoms with Crippen molar-refractivity contribution >= 4 is 11.6 Å². The average Bonchev–Trinajstić information content (AvgIpc) is 2.30. The summed E-state index contributed by atoms with van der Waals surface area (Å²) in [4.78, 5) is 24.9. The van der Waals surface area contributed by atoms with E-state index in [9.17, 15) is 9.59 Å². The maximum absolute atomic E-state index is 12.5. The van der Waals surface area contributed by atoms with E-state index in [1.807, 2.05) is 0 Å². The summed E-state index contributed by atoms with van der Waals surface area (Å²) in [6, 6.07) is 0. The molecule has 0 N–H and O–H groups in total. The number of hydrogen-bond donors (Lipinski definition) is 0. The van der Waals surface area contributed by atoms with Crippen LogP contribution in [0.1, 0.15) is 54.4 Å². The molecular weight excluding hydrogens is 248 g/mol. The largest absolute Gasteiger partial charge is 0.295 e. The van der Waals surface area contributed by atoms with Crippen LogP contribution in [0.5, 0.6) is 0 Å². The molecule has 0 radical (unpaired) electrons. The number of hydrogen-bond acceptors (Lipinski definition) is 2. The molecule has 0 saturated heterocycles. The van der Waals surface area contributed by atoms with E-state index in [1.54, 1.807) is 0 Å². The van der Waals surface area contributed by atoms with Crippen molar-refractivity contribution in [3.63, 3.8) is 0 Å². The summed E-state index contributed by atoms with van der Waals surface area (Å²) in [5.74, 6) is 0.753. The molecule has 0 aromatic rings. The first-order valence-corrected chi connectivity index (χ1v) is 7.79. The van der Waals surface area contributed by atoms with Crippen LogP contribution in [0.15, 0.2) is 12.2 Å². The number of ketones is 2. The van der Waals surface area contributed by atoms with E-state index in [0.717, 1.165) is 12.8 Å². The van der Waals surface area contributed by atoms with Crippen LogP contribution in [0.3, 0.4) is 0 Å². The van der Waals surface area contributed by atoms with E-state index >= 15 is 0 Å². The van der Waals surface area contributed by atoms with Gasteiger partial charge in [0.1, 0.15) is 0 Å². The molecule has 0 heterocycles. The third kappa shape index (κ3) is 2.62. The first-order valence-electron chi connectivity index (χ1n) is 7.79. The lowest BCUT2D eigenvalue weighted by Crippen LogP contribution is -2.51. The van der Waals surface area contributed by atoms with Gasteiger partial charge in [-0.2, -0.15) is 0 Å². The smallest absolute Gasteiger partial charge is 0.159 e. The molecule has 2 nitrogen and oxygen atoms in total. The molecule has 20 heavy (non-hydrogen) atoms. The van der Waals surface area contributed by atoms with Crippen molar-refractivity contribution in [2.45, 2.75) is 54.4 Å². The molecule has 0 aromatic carbocycles. The highest BCUT2D eigenvalue weighted by molar-refractivity contribution is 6.07. The summed E-state index contributed by atoms with van der Waals surface area (Å²) < 4.78 is 0. The van der Waals surface area contributed by atoms with Gasteiger partial charge in [-0.3, -0.25) is 9.59 Å². The predicted octanol–water partition coefficient (Wildman–Crippen LogP) is 4.05. The van der Waals surface area contributed by atoms with E-state index in [-0.39, 0.29) is 34.2 Å². The second kappa shape index (κ2) is 4.82. The molecular formula is C18H28O2. The predicted molar refractivity (Wildman–Crippen MR) is 81.3 cm³/mol. The highest BCUT2D eigenvalue weighted by Gasteiger charge is 2.52. The van der Waals surface area contributed by atoms with Gasteiger partial charge < -0.3 is 0 Å². The Bertz CT molecular complexity index is 403. The number of carbonyl (C=O) groups excluding carboxylic acids is 2. The van der Waals surface area contributed by atoms with Crippen molar-refractivity contribution in [1.82, 2.24) is 0 Å². The van der Waals surface area contributed by atoms with Crippen molar-refractivity contribution in [1.29, 1.82) is 0 Å². The summed E-state index contributed by atoms with van der Waals surface area (Å²) in [5.41, 5.74) is 0.153. The van der Waals surface area contributed by atoms with Gasteiger partial charge in [-0.25, -0.2) is 0 Å². The van der Waals surface area contributed by atoms with Crippen molar-refractivity contribution in [3.05, 3.63) is 12.2 Å². The highest BCUT2D eigenvalue weighted by atomic mass is 16.1. The first kappa shape index (κ1) is 15.5. The lowest BCUT2D eigenvalue weighted by Gasteiger charge is -2.50. The van der Waals surface area contributed by atoms with Gasteiger partial charge in [-0.1, -0.05) is 41.5 Å². The monoisotopic (exact) mass is 276 g/mol. The fourth-order valence-electron chi connectivity index (χ4n) is 4.30. The second-order valence-corrected chi connectivity index (χ2v) is 8.71. The molecule has 1 saturated carbocycles. The van der Waals surface area contributed by atoms with E-state index in [2.05, 4.69) is 41.5 Å². The van der Waals surface area contributed by atoms with Crippen LogP contribution in [0, 0.1) is 34.5 Å². The Hall–Kier alpha value is -0.920. The van der Waals surface area contributed by atoms with Crippen LogP contribution in [0.25, 0.3) is 0 Å². The SMILES string of the molecule is CC(C)(C)C1CCC(C(C)(C)C)C2C(=O)C=CC(=O)C21. The van der Waals surface area contributed by atoms with E-state index in [1.165, 1.54) is 12.2 Å². The second-order valence-electron chi connectivity index (χ2n) is 8.71. The zero-order valence-electron chi connectivity index (χ0n) is 13.7. The molecule has 0 amide bonds. The quantitative estimate of drug-likeness (QED) is 0.669. The molecule has 4 atom stereocenters. The number of carbonyl (C=O) groups is 2. The highest BCUT2D eigenvalue weighted by Crippen LogP contribution is 2.53. The zero-order valence-corrected chi connectivity index (χ0v) is 13.7. The average molecular weight is 276 g/mol. The summed E-state index contributed by atoms with van der Waals surface area (Å²) in [5, 5.41) is 0. The molecule has 4 unspecified atom stereocenters. The van der Waals surface area contributed by atoms with Crippen LogP contribution in [0.4, 0.5) is 0 Å². The van der Waals surface area contributed by atoms with Crippen LogP contribution in [0.2, 0.25) is 0 Å². The Kier molecular flexibility index (Phi) is 3.73. The molecule has 2 rings (SSSR count). The number of allylic oxidation sites excluding steroid dienone is 2. The Morgan fingerprint density at radius 3 is 1.30 bits per heavy atom. The third-order valence-electron chi connectivity index (χ3n) is 5.34. The topological polar surface area (TPSA) is 34.1 Å². The van der Waals surface area contributed by atoms with Gasteiger partial charge in [0.05, 0.1) is 0 Å². The van der Waals surface area contributed by atoms with Crippen LogP contribution < -0.4 is 0 Å². The third-order valence-corrected chi connectivity index (χ3v) is 5.34. The van der Waals surface area contributed by atoms with Crippen molar-refractivity contribution in [2.24, 2.45) is 34.5 Å². The Labute approximate surface area is 123 Å². The van der Waals surface area contributed by atoms with Crippen molar-refractivity contribution in [2.75, 3.05) is 0 Å². The summed E-state index contributed by atoms with van der Waals surface area (Å²) in [7, 11) is 0. The van der Waals surface area contributed by atoms with E-state index in [4.69, 9.17) is 0 Å². The minimum absolute atomic E-state index is 0.0763. The number of rotatable bonds is 0. The van der Waals surface area contributed by atoms with E-state index in [0.29, 0.717) is 11.8 Å². The van der Waals surface area contributed by atoms with Gasteiger partial charge in [-0.05, 0) is 47.7 Å². The summed E-state index contributed by atoms with van der Waals surface area (Å²) in [6.45, 7) is 13.2. The molecule has 0 aromatic heterocycles. The molecule has 112 valence electrons. The molecule has 0 aliphatic heterocycles. The standard InChI is InChI=1S/C18H28O2/c1-17(2,3)11-7-8-12(18(4,5)6)16-14(20)10-9-13(19)15(11)16/h9-12,15-16H,7-8H2,1-6H3. The molecule has 2 heteroatoms. The summed E-state index contributed by atoms with van der Waals surface area (Å²) >= 11 is 0. The first-order chi connectivity index (χ1) is 9.03. The van der Waals surface area contributed by atoms with Crippen LogP contribution in [-0.4, -0.2) is 11.6 Å². The minimum Gasteiger partial charge on any atom is -0.295 e. The molecule has 2 aliphatic carbocycles. The lowest BCUT2D eigenvalue weighted by molar-refractivity contribution is -0.142. The maximum Gasteiger partial charge on any atom is 0.159 e. The lowest BCUT2D eigenvalue weighted by atomic mass is 9.52. The summed E-state index contributed by atoms with van der Waals surface area (Å²) in [6.07, 6.45) is 5.15.